The maximum absolute atomic E-state index is 13.8. The number of carbonyl (C=O) groups excluding carboxylic acids is 4. The average Bonchev–Trinajstić information content (AvgIpc) is 3.89. The normalized spacial score (nSPS) is 26.0. The Morgan fingerprint density at radius 3 is 1.73 bits per heavy atom. The van der Waals surface area contributed by atoms with Crippen molar-refractivity contribution >= 4 is 45.6 Å². The number of aromatic nitrogens is 2. The maximum atomic E-state index is 13.8. The van der Waals surface area contributed by atoms with Gasteiger partial charge >= 0.3 is 11.9 Å². The first-order valence-electron chi connectivity index (χ1n) is 21.5. The van der Waals surface area contributed by atoms with E-state index >= 15 is 0 Å². The summed E-state index contributed by atoms with van der Waals surface area (Å²) >= 11 is 0. The molecule has 308 valence electrons. The summed E-state index contributed by atoms with van der Waals surface area (Å²) in [5.74, 6) is -1.66. The van der Waals surface area contributed by atoms with E-state index in [2.05, 4.69) is 55.9 Å². The molecule has 2 aliphatic carbocycles. The standard InChI is InChI=1S/C50H58N4O5/c1-32(26-51-17-15-34-20-36(11-13-41(34)51)43(55)53-30-49(6)24-39(53)22-47(2,3)28-49)45(57)59-46(58)38-10-8-9-33(19-38)27-52-18-16-35-21-37(12-14-42(35)52)44(56)54-31-50(7)25-40(54)23-48(4,5)29-50/h8-21,32,39-40H,22-31H2,1-7H3. The molecule has 5 atom stereocenters. The van der Waals surface area contributed by atoms with Crippen LogP contribution in [0.15, 0.2) is 85.2 Å². The van der Waals surface area contributed by atoms with Crippen molar-refractivity contribution in [3.05, 3.63) is 107 Å². The largest absolute Gasteiger partial charge is 0.389 e. The number of benzene rings is 3. The summed E-state index contributed by atoms with van der Waals surface area (Å²) in [7, 11) is 0. The van der Waals surface area contributed by atoms with E-state index in [1.807, 2.05) is 71.6 Å². The van der Waals surface area contributed by atoms with Crippen LogP contribution in [0.2, 0.25) is 0 Å². The zero-order valence-electron chi connectivity index (χ0n) is 35.7. The number of esters is 2. The van der Waals surface area contributed by atoms with E-state index in [-0.39, 0.29) is 39.5 Å². The number of carbonyl (C=O) groups is 4. The van der Waals surface area contributed by atoms with Crippen molar-refractivity contribution in [3.8, 4) is 0 Å². The fourth-order valence-corrected chi connectivity index (χ4v) is 12.3. The summed E-state index contributed by atoms with van der Waals surface area (Å²) in [6, 6.07) is 23.5. The molecule has 0 radical (unpaired) electrons. The lowest BCUT2D eigenvalue weighted by Gasteiger charge is -2.39. The lowest BCUT2D eigenvalue weighted by molar-refractivity contribution is -0.142. The first-order chi connectivity index (χ1) is 27.9. The summed E-state index contributed by atoms with van der Waals surface area (Å²) in [5, 5.41) is 1.93. The van der Waals surface area contributed by atoms with Crippen LogP contribution in [0.4, 0.5) is 0 Å². The Balaban J connectivity index is 0.819. The SMILES string of the molecule is CC(Cn1ccc2cc(C(=O)N3CC4(C)CC3CC(C)(C)C4)ccc21)C(=O)OC(=O)c1cccc(Cn2ccc3cc(C(=O)N4CC5(C)CC4CC(C)(C)C5)ccc32)c1. The fraction of sp³-hybridized carbons (Fsp3) is 0.480. The molecule has 2 saturated carbocycles. The first-order valence-corrected chi connectivity index (χ1v) is 21.5. The minimum absolute atomic E-state index is 0.0902. The van der Waals surface area contributed by atoms with Crippen molar-refractivity contribution in [2.75, 3.05) is 13.1 Å². The molecule has 5 unspecified atom stereocenters. The monoisotopic (exact) mass is 794 g/mol. The third-order valence-electron chi connectivity index (χ3n) is 14.0. The highest BCUT2D eigenvalue weighted by molar-refractivity contribution is 6.00. The molecular formula is C50H58N4O5. The van der Waals surface area contributed by atoms with Gasteiger partial charge < -0.3 is 23.7 Å². The van der Waals surface area contributed by atoms with Crippen molar-refractivity contribution < 1.29 is 23.9 Å². The number of ether oxygens (including phenoxy) is 1. The highest BCUT2D eigenvalue weighted by Crippen LogP contribution is 2.54. The molecule has 9 rings (SSSR count). The molecule has 9 nitrogen and oxygen atoms in total. The lowest BCUT2D eigenvalue weighted by Crippen LogP contribution is -2.37. The van der Waals surface area contributed by atoms with Crippen molar-refractivity contribution in [3.63, 3.8) is 0 Å². The van der Waals surface area contributed by atoms with Crippen LogP contribution in [0.25, 0.3) is 21.8 Å². The minimum Gasteiger partial charge on any atom is -0.389 e. The van der Waals surface area contributed by atoms with Crippen LogP contribution in [-0.4, -0.2) is 67.9 Å². The quantitative estimate of drug-likeness (QED) is 0.115. The van der Waals surface area contributed by atoms with Gasteiger partial charge in [-0.3, -0.25) is 14.4 Å². The topological polar surface area (TPSA) is 93.9 Å². The molecule has 5 aromatic rings. The van der Waals surface area contributed by atoms with Gasteiger partial charge in [0.1, 0.15) is 0 Å². The summed E-state index contributed by atoms with van der Waals surface area (Å²) in [4.78, 5) is 58.3. The van der Waals surface area contributed by atoms with Gasteiger partial charge in [-0.15, -0.1) is 0 Å². The highest BCUT2D eigenvalue weighted by Gasteiger charge is 2.52. The minimum atomic E-state index is -0.683. The van der Waals surface area contributed by atoms with Crippen molar-refractivity contribution in [2.45, 2.75) is 112 Å². The third kappa shape index (κ3) is 7.51. The Bertz CT molecular complexity index is 2530. The summed E-state index contributed by atoms with van der Waals surface area (Å²) < 4.78 is 9.50. The van der Waals surface area contributed by atoms with Crippen LogP contribution in [0.1, 0.15) is 124 Å². The first kappa shape index (κ1) is 39.3. The van der Waals surface area contributed by atoms with Gasteiger partial charge in [0.05, 0.1) is 11.5 Å². The molecule has 4 fully saturated rings. The van der Waals surface area contributed by atoms with E-state index in [1.165, 1.54) is 0 Å². The van der Waals surface area contributed by atoms with Crippen LogP contribution < -0.4 is 0 Å². The molecular weight excluding hydrogens is 737 g/mol. The number of amides is 2. The van der Waals surface area contributed by atoms with Gasteiger partial charge in [-0.05, 0) is 126 Å². The summed E-state index contributed by atoms with van der Waals surface area (Å²) in [5.41, 5.74) is 5.35. The molecule has 2 aromatic heterocycles. The van der Waals surface area contributed by atoms with E-state index in [1.54, 1.807) is 25.1 Å². The Hall–Kier alpha value is -5.18. The Morgan fingerprint density at radius 2 is 1.17 bits per heavy atom. The molecule has 0 N–H and O–H groups in total. The Labute approximate surface area is 347 Å². The molecule has 3 aromatic carbocycles. The predicted octanol–water partition coefficient (Wildman–Crippen LogP) is 9.75. The van der Waals surface area contributed by atoms with E-state index in [4.69, 9.17) is 4.74 Å². The molecule has 4 heterocycles. The Morgan fingerprint density at radius 1 is 0.644 bits per heavy atom. The van der Waals surface area contributed by atoms with Gasteiger partial charge in [-0.2, -0.15) is 0 Å². The number of likely N-dealkylation sites (tertiary alicyclic amines) is 2. The third-order valence-corrected chi connectivity index (χ3v) is 14.0. The van der Waals surface area contributed by atoms with Crippen molar-refractivity contribution in [2.24, 2.45) is 27.6 Å². The van der Waals surface area contributed by atoms with E-state index in [9.17, 15) is 19.2 Å². The van der Waals surface area contributed by atoms with Gasteiger partial charge in [0.15, 0.2) is 0 Å². The number of rotatable bonds is 8. The zero-order valence-corrected chi connectivity index (χ0v) is 35.7. The zero-order chi connectivity index (χ0) is 41.6. The van der Waals surface area contributed by atoms with Crippen LogP contribution in [0.3, 0.4) is 0 Å². The molecule has 59 heavy (non-hydrogen) atoms. The number of hydrogen-bond donors (Lipinski definition) is 0. The molecule has 0 spiro atoms. The second kappa shape index (κ2) is 14.0. The van der Waals surface area contributed by atoms with Gasteiger partial charge in [-0.25, -0.2) is 4.79 Å². The van der Waals surface area contributed by atoms with E-state index in [0.29, 0.717) is 30.3 Å². The molecule has 2 amide bonds. The van der Waals surface area contributed by atoms with E-state index < -0.39 is 17.9 Å². The van der Waals surface area contributed by atoms with Crippen molar-refractivity contribution in [1.29, 1.82) is 0 Å². The van der Waals surface area contributed by atoms with Gasteiger partial charge in [0.25, 0.3) is 11.8 Å². The van der Waals surface area contributed by atoms with Crippen LogP contribution in [-0.2, 0) is 22.6 Å². The second-order valence-electron chi connectivity index (χ2n) is 21.1. The number of nitrogens with zero attached hydrogens (tertiary/aromatic N) is 4. The summed E-state index contributed by atoms with van der Waals surface area (Å²) in [6.45, 7) is 18.1. The molecule has 4 bridgehead atoms. The van der Waals surface area contributed by atoms with Crippen LogP contribution in [0.5, 0.6) is 0 Å². The van der Waals surface area contributed by atoms with Gasteiger partial charge in [0.2, 0.25) is 0 Å². The second-order valence-corrected chi connectivity index (χ2v) is 21.1. The van der Waals surface area contributed by atoms with E-state index in [0.717, 1.165) is 84.5 Å². The maximum Gasteiger partial charge on any atom is 0.345 e. The number of fused-ring (bicyclic) bond motifs is 6. The Kier molecular flexibility index (Phi) is 9.29. The average molecular weight is 795 g/mol. The predicted molar refractivity (Wildman–Crippen MR) is 230 cm³/mol. The van der Waals surface area contributed by atoms with Crippen molar-refractivity contribution in [1.82, 2.24) is 18.9 Å². The highest BCUT2D eigenvalue weighted by atomic mass is 16.6. The summed E-state index contributed by atoms with van der Waals surface area (Å²) in [6.07, 6.45) is 10.4. The molecule has 4 aliphatic rings. The van der Waals surface area contributed by atoms with Gasteiger partial charge in [-0.1, -0.05) is 60.6 Å². The van der Waals surface area contributed by atoms with Crippen LogP contribution in [0, 0.1) is 27.6 Å². The molecule has 2 aliphatic heterocycles. The lowest BCUT2D eigenvalue weighted by atomic mass is 9.65. The van der Waals surface area contributed by atoms with Gasteiger partial charge in [0, 0.05) is 83.6 Å². The molecule has 9 heteroatoms. The molecule has 2 saturated heterocycles. The smallest absolute Gasteiger partial charge is 0.345 e. The van der Waals surface area contributed by atoms with Crippen LogP contribution >= 0.6 is 0 Å². The number of hydrogen-bond acceptors (Lipinski definition) is 5. The fourth-order valence-electron chi connectivity index (χ4n) is 12.3.